The number of aryl methyl sites for hydroxylation is 1. The zero-order chi connectivity index (χ0) is 35.3. The first-order valence-corrected chi connectivity index (χ1v) is 14.9. The summed E-state index contributed by atoms with van der Waals surface area (Å²) in [7, 11) is 1.35. The minimum Gasteiger partial charge on any atom is -0.542 e. The number of halogens is 3. The number of carbonyl (C=O) groups is 3. The first-order valence-electron chi connectivity index (χ1n) is 14.9. The molecule has 2 atom stereocenters. The maximum atomic E-state index is 13.5. The lowest BCUT2D eigenvalue weighted by atomic mass is 9.90. The lowest BCUT2D eigenvalue weighted by Gasteiger charge is -2.24. The molecule has 5 N–H and O–H groups in total. The molecular weight excluding hydrogens is 623 g/mol. The van der Waals surface area contributed by atoms with E-state index in [2.05, 4.69) is 24.4 Å². The Bertz CT molecular complexity index is 1740. The van der Waals surface area contributed by atoms with Gasteiger partial charge in [0.15, 0.2) is 0 Å². The van der Waals surface area contributed by atoms with Crippen molar-refractivity contribution in [3.8, 4) is 11.1 Å². The number of benzene rings is 4. The summed E-state index contributed by atoms with van der Waals surface area (Å²) in [5, 5.41) is 17.7. The Balaban J connectivity index is 0.000000804. The second-order valence-electron chi connectivity index (χ2n) is 10.6. The first kappa shape index (κ1) is 36.8. The van der Waals surface area contributed by atoms with Crippen LogP contribution >= 0.6 is 0 Å². The van der Waals surface area contributed by atoms with Crippen molar-refractivity contribution in [3.63, 3.8) is 0 Å². The Labute approximate surface area is 276 Å². The van der Waals surface area contributed by atoms with Gasteiger partial charge >= 0.3 is 12.1 Å². The van der Waals surface area contributed by atoms with Gasteiger partial charge in [-0.25, -0.2) is 0 Å². The van der Waals surface area contributed by atoms with Crippen LogP contribution in [-0.2, 0) is 27.2 Å². The molecule has 0 radical (unpaired) electrons. The van der Waals surface area contributed by atoms with Gasteiger partial charge in [0.1, 0.15) is 5.97 Å². The molecule has 0 heterocycles. The number of ether oxygens (including phenoxy) is 1. The predicted octanol–water partition coefficient (Wildman–Crippen LogP) is 3.52. The van der Waals surface area contributed by atoms with E-state index in [1.54, 1.807) is 0 Å². The number of hydrogen-bond acceptors (Lipinski definition) is 5. The molecule has 0 spiro atoms. The number of carboxylic acids is 1. The van der Waals surface area contributed by atoms with E-state index in [1.807, 2.05) is 103 Å². The van der Waals surface area contributed by atoms with Crippen LogP contribution in [0.3, 0.4) is 0 Å². The maximum Gasteiger partial charge on any atom is 0.430 e. The molecule has 0 bridgehead atoms. The lowest BCUT2D eigenvalue weighted by Crippen LogP contribution is -2.46. The van der Waals surface area contributed by atoms with Crippen LogP contribution in [0.2, 0.25) is 0 Å². The number of amides is 1. The van der Waals surface area contributed by atoms with Crippen molar-refractivity contribution in [2.45, 2.75) is 32.0 Å². The third kappa shape index (κ3) is 10.7. The van der Waals surface area contributed by atoms with Crippen molar-refractivity contribution in [1.29, 1.82) is 0 Å². The van der Waals surface area contributed by atoms with Gasteiger partial charge in [-0.05, 0) is 64.9 Å². The van der Waals surface area contributed by atoms with E-state index in [0.717, 1.165) is 28.7 Å². The largest absolute Gasteiger partial charge is 0.542 e. The smallest absolute Gasteiger partial charge is 0.430 e. The summed E-state index contributed by atoms with van der Waals surface area (Å²) < 4.78 is 36.7. The number of nitrogens with two attached hydrogens (primary N) is 2. The van der Waals surface area contributed by atoms with E-state index in [4.69, 9.17) is 25.8 Å². The van der Waals surface area contributed by atoms with Gasteiger partial charge in [-0.3, -0.25) is 20.7 Å². The van der Waals surface area contributed by atoms with E-state index in [-0.39, 0.29) is 11.7 Å². The van der Waals surface area contributed by atoms with E-state index in [0.29, 0.717) is 17.5 Å². The molecule has 0 aromatic heterocycles. The van der Waals surface area contributed by atoms with Crippen LogP contribution in [0.25, 0.3) is 17.2 Å². The third-order valence-corrected chi connectivity index (χ3v) is 7.33. The van der Waals surface area contributed by atoms with Gasteiger partial charge in [0.25, 0.3) is 11.7 Å². The molecule has 0 saturated carbocycles. The average molecular weight is 660 g/mol. The first-order chi connectivity index (χ1) is 22.8. The Morgan fingerprint density at radius 1 is 0.917 bits per heavy atom. The van der Waals surface area contributed by atoms with Gasteiger partial charge in [0, 0.05) is 5.56 Å². The van der Waals surface area contributed by atoms with E-state index in [9.17, 15) is 22.8 Å². The number of alkyl halides is 3. The second-order valence-corrected chi connectivity index (χ2v) is 10.6. The number of carboxylic acid groups (broad SMARTS) is 1. The van der Waals surface area contributed by atoms with Gasteiger partial charge in [0.05, 0.1) is 24.6 Å². The highest BCUT2D eigenvalue weighted by molar-refractivity contribution is 5.95. The summed E-state index contributed by atoms with van der Waals surface area (Å²) in [6, 6.07) is 32.2. The van der Waals surface area contributed by atoms with Gasteiger partial charge in [-0.1, -0.05) is 97.9 Å². The predicted molar refractivity (Wildman–Crippen MR) is 175 cm³/mol. The highest BCUT2D eigenvalue weighted by Crippen LogP contribution is 2.25. The summed E-state index contributed by atoms with van der Waals surface area (Å²) in [6.07, 6.45) is -0.228. The summed E-state index contributed by atoms with van der Waals surface area (Å²) >= 11 is 0. The van der Waals surface area contributed by atoms with Gasteiger partial charge in [-0.2, -0.15) is 13.2 Å². The number of esters is 1. The molecule has 0 unspecified atom stereocenters. The monoisotopic (exact) mass is 659 g/mol. The molecule has 8 nitrogen and oxygen atoms in total. The van der Waals surface area contributed by atoms with E-state index in [1.165, 1.54) is 12.7 Å². The van der Waals surface area contributed by atoms with Crippen LogP contribution in [0.5, 0.6) is 0 Å². The molecular formula is C37H36F3N3O5. The van der Waals surface area contributed by atoms with Crippen molar-refractivity contribution >= 4 is 29.8 Å². The van der Waals surface area contributed by atoms with Crippen molar-refractivity contribution in [1.82, 2.24) is 5.32 Å². The Morgan fingerprint density at radius 2 is 1.54 bits per heavy atom. The van der Waals surface area contributed by atoms with E-state index >= 15 is 0 Å². The molecule has 4 aromatic carbocycles. The number of amidine groups is 1. The van der Waals surface area contributed by atoms with Gasteiger partial charge in [0.2, 0.25) is 0 Å². The molecule has 0 aliphatic heterocycles. The average Bonchev–Trinajstić information content (AvgIpc) is 3.09. The topological polar surface area (TPSA) is 147 Å². The Morgan fingerprint density at radius 3 is 2.12 bits per heavy atom. The van der Waals surface area contributed by atoms with Gasteiger partial charge < -0.3 is 20.0 Å². The van der Waals surface area contributed by atoms with Crippen molar-refractivity contribution < 1.29 is 42.8 Å². The highest BCUT2D eigenvalue weighted by Gasteiger charge is 2.30. The third-order valence-electron chi connectivity index (χ3n) is 7.33. The van der Waals surface area contributed by atoms with Crippen LogP contribution in [0.4, 0.5) is 13.2 Å². The molecule has 0 saturated heterocycles. The standard InChI is InChI=1S/C35H35N3O3.C2HF3O2/c1-3-26-13-7-8-15-30(26)27-17-19-28(20-18-27)34(39)38-32(21-16-24-10-5-4-6-11-24)31(35(40)41-2)23-25-12-9-14-29(22-25)33(36)37;3-2(4,5)1(6)7/h4-22,31-32H,3,23H2,1-2H3,(H3,36,37)(H,38,39);(H,6,7)/b21-16+;/t31-,32-;/m1./s1. The number of aliphatic carboxylic acids is 1. The highest BCUT2D eigenvalue weighted by atomic mass is 19.4. The summed E-state index contributed by atoms with van der Waals surface area (Å²) in [4.78, 5) is 35.4. The molecule has 11 heteroatoms. The molecule has 0 aliphatic rings. The summed E-state index contributed by atoms with van der Waals surface area (Å²) in [5.74, 6) is -4.23. The summed E-state index contributed by atoms with van der Waals surface area (Å²) in [5.41, 5.74) is 12.2. The fourth-order valence-electron chi connectivity index (χ4n) is 4.85. The SMILES string of the molecule is CCc1ccccc1-c1ccc(C(=O)N[C@H](/C=C/c2ccccc2)[C@@H](Cc2cccc(C(N)=[NH2+])c2)C(=O)OC)cc1.O=C([O-])C(F)(F)F. The minimum absolute atomic E-state index is 0.195. The Hall–Kier alpha value is -5.71. The zero-order valence-electron chi connectivity index (χ0n) is 26.4. The fourth-order valence-corrected chi connectivity index (χ4v) is 4.85. The molecule has 250 valence electrons. The second kappa shape index (κ2) is 17.3. The molecule has 0 aliphatic carbocycles. The number of rotatable bonds is 11. The normalized spacial score (nSPS) is 12.3. The van der Waals surface area contributed by atoms with Crippen LogP contribution < -0.4 is 21.6 Å². The number of carbonyl (C=O) groups excluding carboxylic acids is 3. The molecule has 48 heavy (non-hydrogen) atoms. The van der Waals surface area contributed by atoms with Gasteiger partial charge in [-0.15, -0.1) is 0 Å². The van der Waals surface area contributed by atoms with Crippen LogP contribution in [0.1, 0.15) is 39.5 Å². The van der Waals surface area contributed by atoms with Crippen molar-refractivity contribution in [2.24, 2.45) is 11.7 Å². The van der Waals surface area contributed by atoms with Crippen LogP contribution in [-0.4, -0.2) is 43.0 Å². The van der Waals surface area contributed by atoms with Crippen molar-refractivity contribution in [2.75, 3.05) is 7.11 Å². The quantitative estimate of drug-likeness (QED) is 0.128. The minimum atomic E-state index is -5.19. The van der Waals surface area contributed by atoms with Crippen molar-refractivity contribution in [3.05, 3.63) is 137 Å². The van der Waals surface area contributed by atoms with Crippen LogP contribution in [0.15, 0.2) is 109 Å². The maximum absolute atomic E-state index is 13.5. The van der Waals surface area contributed by atoms with E-state index < -0.39 is 30.1 Å². The molecule has 4 rings (SSSR count). The number of nitrogens with one attached hydrogen (secondary N) is 1. The number of methoxy groups -OCH3 is 1. The molecule has 1 amide bonds. The molecule has 0 fully saturated rings. The van der Waals surface area contributed by atoms with Crippen LogP contribution in [0, 0.1) is 5.92 Å². The lowest BCUT2D eigenvalue weighted by molar-refractivity contribution is -0.344. The zero-order valence-corrected chi connectivity index (χ0v) is 26.4. The Kier molecular flexibility index (Phi) is 13.2. The summed E-state index contributed by atoms with van der Waals surface area (Å²) in [6.45, 7) is 2.13. The fraction of sp³-hybridized carbons (Fsp3) is 0.189. The number of hydrogen-bond donors (Lipinski definition) is 3. The molecule has 4 aromatic rings.